The lowest BCUT2D eigenvalue weighted by Crippen LogP contribution is -2.38. The Bertz CT molecular complexity index is 203. The van der Waals surface area contributed by atoms with Gasteiger partial charge in [0.05, 0.1) is 0 Å². The maximum atomic E-state index is 10.3. The van der Waals surface area contributed by atoms with Crippen molar-refractivity contribution in [2.45, 2.75) is 45.1 Å². The molecule has 1 aliphatic heterocycles. The molecule has 1 rings (SSSR count). The van der Waals surface area contributed by atoms with Crippen molar-refractivity contribution < 1.29 is 9.90 Å². The third-order valence-corrected chi connectivity index (χ3v) is 3.04. The van der Waals surface area contributed by atoms with Gasteiger partial charge >= 0.3 is 5.97 Å². The van der Waals surface area contributed by atoms with Gasteiger partial charge in [-0.05, 0) is 52.2 Å². The van der Waals surface area contributed by atoms with Crippen molar-refractivity contribution in [2.75, 3.05) is 26.2 Å². The van der Waals surface area contributed by atoms with Crippen LogP contribution in [0, 0.1) is 0 Å². The van der Waals surface area contributed by atoms with E-state index in [9.17, 15) is 4.79 Å². The number of unbranched alkanes of at least 4 members (excludes halogenated alkanes) is 1. The summed E-state index contributed by atoms with van der Waals surface area (Å²) in [4.78, 5) is 12.8. The molecule has 0 aromatic heterocycles. The normalized spacial score (nSPS) is 18.8. The number of nitrogens with one attached hydrogen (secondary N) is 1. The van der Waals surface area contributed by atoms with E-state index in [4.69, 9.17) is 5.11 Å². The molecule has 1 atom stereocenters. The van der Waals surface area contributed by atoms with E-state index in [1.807, 2.05) is 0 Å². The molecule has 0 amide bonds. The zero-order chi connectivity index (χ0) is 11.8. The van der Waals surface area contributed by atoms with E-state index in [0.29, 0.717) is 12.5 Å². The molecule has 1 unspecified atom stereocenters. The largest absolute Gasteiger partial charge is 0.481 e. The molecule has 94 valence electrons. The summed E-state index contributed by atoms with van der Waals surface area (Å²) in [6, 6.07) is 0.517. The summed E-state index contributed by atoms with van der Waals surface area (Å²) >= 11 is 0. The lowest BCUT2D eigenvalue weighted by atomic mass is 10.2. The average molecular weight is 228 g/mol. The number of carbonyl (C=O) groups is 1. The second-order valence-corrected chi connectivity index (χ2v) is 4.71. The Balaban J connectivity index is 1.93. The number of carboxylic acid groups (broad SMARTS) is 1. The number of rotatable bonds is 8. The van der Waals surface area contributed by atoms with Crippen LogP contribution in [-0.2, 0) is 4.79 Å². The van der Waals surface area contributed by atoms with Crippen LogP contribution in [0.1, 0.15) is 39.0 Å². The minimum absolute atomic E-state index is 0.294. The minimum Gasteiger partial charge on any atom is -0.481 e. The molecule has 16 heavy (non-hydrogen) atoms. The van der Waals surface area contributed by atoms with Crippen LogP contribution in [0.3, 0.4) is 0 Å². The van der Waals surface area contributed by atoms with E-state index >= 15 is 0 Å². The van der Waals surface area contributed by atoms with Gasteiger partial charge in [0.25, 0.3) is 0 Å². The minimum atomic E-state index is -0.690. The fourth-order valence-corrected chi connectivity index (χ4v) is 2.17. The van der Waals surface area contributed by atoms with Crippen molar-refractivity contribution in [3.05, 3.63) is 0 Å². The molecule has 0 aromatic carbocycles. The van der Waals surface area contributed by atoms with Crippen molar-refractivity contribution >= 4 is 5.97 Å². The highest BCUT2D eigenvalue weighted by atomic mass is 16.4. The highest BCUT2D eigenvalue weighted by Crippen LogP contribution is 2.07. The van der Waals surface area contributed by atoms with Gasteiger partial charge in [0, 0.05) is 19.0 Å². The number of hydrogen-bond acceptors (Lipinski definition) is 3. The van der Waals surface area contributed by atoms with Gasteiger partial charge in [-0.1, -0.05) is 0 Å². The van der Waals surface area contributed by atoms with Gasteiger partial charge in [0.15, 0.2) is 0 Å². The summed E-state index contributed by atoms with van der Waals surface area (Å²) in [6.45, 7) is 6.74. The van der Waals surface area contributed by atoms with Gasteiger partial charge in [0.2, 0.25) is 0 Å². The average Bonchev–Trinajstić information content (AvgIpc) is 2.69. The predicted molar refractivity (Wildman–Crippen MR) is 64.6 cm³/mol. The Morgan fingerprint density at radius 1 is 1.38 bits per heavy atom. The number of carboxylic acids is 1. The first-order valence-corrected chi connectivity index (χ1v) is 6.36. The summed E-state index contributed by atoms with van der Waals surface area (Å²) < 4.78 is 0. The molecule has 1 fully saturated rings. The van der Waals surface area contributed by atoms with Crippen LogP contribution in [0.2, 0.25) is 0 Å². The van der Waals surface area contributed by atoms with E-state index < -0.39 is 5.97 Å². The zero-order valence-electron chi connectivity index (χ0n) is 10.2. The number of hydrogen-bond donors (Lipinski definition) is 2. The molecule has 0 spiro atoms. The molecule has 4 heteroatoms. The highest BCUT2D eigenvalue weighted by Gasteiger charge is 2.13. The van der Waals surface area contributed by atoms with Gasteiger partial charge in [-0.3, -0.25) is 4.79 Å². The first-order chi connectivity index (χ1) is 7.68. The van der Waals surface area contributed by atoms with Crippen molar-refractivity contribution in [1.29, 1.82) is 0 Å². The van der Waals surface area contributed by atoms with Gasteiger partial charge in [-0.15, -0.1) is 0 Å². The molecule has 1 aliphatic rings. The van der Waals surface area contributed by atoms with Crippen LogP contribution >= 0.6 is 0 Å². The Morgan fingerprint density at radius 3 is 2.69 bits per heavy atom. The lowest BCUT2D eigenvalue weighted by molar-refractivity contribution is -0.137. The quantitative estimate of drug-likeness (QED) is 0.615. The molecule has 0 radical (unpaired) electrons. The summed E-state index contributed by atoms with van der Waals surface area (Å²) in [5, 5.41) is 11.9. The Labute approximate surface area is 98.0 Å². The predicted octanol–water partition coefficient (Wildman–Crippen LogP) is 1.32. The lowest BCUT2D eigenvalue weighted by Gasteiger charge is -2.21. The topological polar surface area (TPSA) is 52.6 Å². The molecule has 0 saturated carbocycles. The number of nitrogens with zero attached hydrogens (tertiary/aromatic N) is 1. The summed E-state index contributed by atoms with van der Waals surface area (Å²) in [6.07, 6.45) is 4.70. The molecule has 1 heterocycles. The first kappa shape index (κ1) is 13.5. The van der Waals surface area contributed by atoms with Crippen LogP contribution in [0.5, 0.6) is 0 Å². The fraction of sp³-hybridized carbons (Fsp3) is 0.917. The maximum absolute atomic E-state index is 10.3. The molecule has 1 saturated heterocycles. The van der Waals surface area contributed by atoms with E-state index in [1.54, 1.807) is 0 Å². The second-order valence-electron chi connectivity index (χ2n) is 4.71. The van der Waals surface area contributed by atoms with Gasteiger partial charge < -0.3 is 15.3 Å². The monoisotopic (exact) mass is 228 g/mol. The number of likely N-dealkylation sites (tertiary alicyclic amines) is 1. The molecule has 2 N–H and O–H groups in total. The summed E-state index contributed by atoms with van der Waals surface area (Å²) in [7, 11) is 0. The van der Waals surface area contributed by atoms with Crippen LogP contribution in [-0.4, -0.2) is 48.2 Å². The molecule has 0 bridgehead atoms. The van der Waals surface area contributed by atoms with Gasteiger partial charge in [0.1, 0.15) is 0 Å². The standard InChI is InChI=1S/C12H24N2O2/c1-11(10-14-8-4-5-9-14)13-7-3-2-6-12(15)16/h11,13H,2-10H2,1H3,(H,15,16). The Hall–Kier alpha value is -0.610. The van der Waals surface area contributed by atoms with E-state index in [-0.39, 0.29) is 0 Å². The zero-order valence-corrected chi connectivity index (χ0v) is 10.2. The van der Waals surface area contributed by atoms with Gasteiger partial charge in [-0.2, -0.15) is 0 Å². The smallest absolute Gasteiger partial charge is 0.303 e. The van der Waals surface area contributed by atoms with Crippen molar-refractivity contribution in [3.8, 4) is 0 Å². The van der Waals surface area contributed by atoms with Crippen molar-refractivity contribution in [1.82, 2.24) is 10.2 Å². The maximum Gasteiger partial charge on any atom is 0.303 e. The Morgan fingerprint density at radius 2 is 2.06 bits per heavy atom. The summed E-state index contributed by atoms with van der Waals surface area (Å²) in [5.41, 5.74) is 0. The van der Waals surface area contributed by atoms with E-state index in [1.165, 1.54) is 25.9 Å². The summed E-state index contributed by atoms with van der Waals surface area (Å²) in [5.74, 6) is -0.690. The Kier molecular flexibility index (Phi) is 6.42. The third-order valence-electron chi connectivity index (χ3n) is 3.04. The molecule has 0 aliphatic carbocycles. The van der Waals surface area contributed by atoms with Crippen LogP contribution in [0.15, 0.2) is 0 Å². The van der Waals surface area contributed by atoms with Crippen LogP contribution < -0.4 is 5.32 Å². The van der Waals surface area contributed by atoms with E-state index in [2.05, 4.69) is 17.1 Å². The number of aliphatic carboxylic acids is 1. The fourth-order valence-electron chi connectivity index (χ4n) is 2.17. The van der Waals surface area contributed by atoms with Crippen molar-refractivity contribution in [2.24, 2.45) is 0 Å². The van der Waals surface area contributed by atoms with E-state index in [0.717, 1.165) is 25.9 Å². The van der Waals surface area contributed by atoms with Crippen LogP contribution in [0.4, 0.5) is 0 Å². The molecule has 4 nitrogen and oxygen atoms in total. The highest BCUT2D eigenvalue weighted by molar-refractivity contribution is 5.66. The SMILES string of the molecule is CC(CN1CCCC1)NCCCCC(=O)O. The van der Waals surface area contributed by atoms with Gasteiger partial charge in [-0.25, -0.2) is 0 Å². The van der Waals surface area contributed by atoms with Crippen molar-refractivity contribution in [3.63, 3.8) is 0 Å². The first-order valence-electron chi connectivity index (χ1n) is 6.36. The molecular weight excluding hydrogens is 204 g/mol. The molecular formula is C12H24N2O2. The van der Waals surface area contributed by atoms with Crippen LogP contribution in [0.25, 0.3) is 0 Å². The third kappa shape index (κ3) is 6.08. The molecule has 0 aromatic rings. The second kappa shape index (κ2) is 7.63.